The van der Waals surface area contributed by atoms with E-state index in [4.69, 9.17) is 5.73 Å². The van der Waals surface area contributed by atoms with Crippen LogP contribution in [0.1, 0.15) is 11.6 Å². The number of nitrogens with zero attached hydrogens (tertiary/aromatic N) is 2. The van der Waals surface area contributed by atoms with Crippen LogP contribution in [0.5, 0.6) is 5.75 Å². The van der Waals surface area contributed by atoms with Crippen LogP contribution in [0, 0.1) is 0 Å². The van der Waals surface area contributed by atoms with Crippen LogP contribution in [0.4, 0.5) is 11.8 Å². The van der Waals surface area contributed by atoms with E-state index in [-0.39, 0.29) is 24.3 Å². The van der Waals surface area contributed by atoms with Crippen molar-refractivity contribution in [3.05, 3.63) is 90.6 Å². The molecular formula is C26H23N5O2. The summed E-state index contributed by atoms with van der Waals surface area (Å²) in [6.45, 7) is -0.119. The molecule has 0 aliphatic rings. The van der Waals surface area contributed by atoms with Crippen molar-refractivity contribution in [1.29, 1.82) is 0 Å². The molecule has 33 heavy (non-hydrogen) atoms. The molecule has 7 nitrogen and oxygen atoms in total. The second kappa shape index (κ2) is 8.64. The van der Waals surface area contributed by atoms with E-state index in [0.29, 0.717) is 17.1 Å². The number of nitrogens with two attached hydrogens (primary N) is 1. The number of anilines is 2. The first-order chi connectivity index (χ1) is 16.1. The van der Waals surface area contributed by atoms with E-state index in [9.17, 15) is 10.2 Å². The maximum atomic E-state index is 10.6. The molecule has 0 radical (unpaired) electrons. The van der Waals surface area contributed by atoms with E-state index in [1.54, 1.807) is 12.1 Å². The number of phenols is 1. The van der Waals surface area contributed by atoms with E-state index in [1.807, 2.05) is 66.9 Å². The summed E-state index contributed by atoms with van der Waals surface area (Å²) in [5.41, 5.74) is 11.0. The second-order valence-electron chi connectivity index (χ2n) is 7.80. The van der Waals surface area contributed by atoms with Crippen LogP contribution in [0.15, 0.2) is 85.1 Å². The monoisotopic (exact) mass is 437 g/mol. The Kier molecular flexibility index (Phi) is 5.38. The van der Waals surface area contributed by atoms with Gasteiger partial charge in [-0.25, -0.2) is 4.98 Å². The fourth-order valence-electron chi connectivity index (χ4n) is 3.93. The van der Waals surface area contributed by atoms with Gasteiger partial charge in [-0.2, -0.15) is 4.98 Å². The smallest absolute Gasteiger partial charge is 0.222 e. The molecule has 0 fully saturated rings. The molecule has 1 atom stereocenters. The van der Waals surface area contributed by atoms with Gasteiger partial charge in [0.15, 0.2) is 0 Å². The van der Waals surface area contributed by atoms with Gasteiger partial charge < -0.3 is 26.2 Å². The molecule has 0 amide bonds. The third-order valence-corrected chi connectivity index (χ3v) is 5.61. The summed E-state index contributed by atoms with van der Waals surface area (Å²) < 4.78 is 0. The Morgan fingerprint density at radius 1 is 0.909 bits per heavy atom. The molecule has 0 aliphatic heterocycles. The van der Waals surface area contributed by atoms with Crippen molar-refractivity contribution in [2.24, 2.45) is 0 Å². The van der Waals surface area contributed by atoms with Crippen LogP contribution < -0.4 is 11.1 Å². The lowest BCUT2D eigenvalue weighted by Gasteiger charge is -2.18. The van der Waals surface area contributed by atoms with Gasteiger partial charge in [-0.3, -0.25) is 0 Å². The highest BCUT2D eigenvalue weighted by Crippen LogP contribution is 2.35. The lowest BCUT2D eigenvalue weighted by molar-refractivity contribution is 0.276. The first kappa shape index (κ1) is 20.5. The first-order valence-corrected chi connectivity index (χ1v) is 10.6. The highest BCUT2D eigenvalue weighted by atomic mass is 16.3. The van der Waals surface area contributed by atoms with Crippen LogP contribution in [-0.2, 0) is 0 Å². The van der Waals surface area contributed by atoms with Crippen molar-refractivity contribution >= 4 is 22.7 Å². The molecule has 3 aromatic carbocycles. The fourth-order valence-corrected chi connectivity index (χ4v) is 3.93. The van der Waals surface area contributed by atoms with E-state index in [2.05, 4.69) is 26.3 Å². The van der Waals surface area contributed by atoms with Gasteiger partial charge in [-0.1, -0.05) is 42.5 Å². The average Bonchev–Trinajstić information content (AvgIpc) is 3.31. The SMILES string of the molecule is Nc1nc(N[C@@H](CO)c2ccccc2)cc(-c2cc(-c3ccc4[nH]ccc4c3)ccc2O)n1. The van der Waals surface area contributed by atoms with Gasteiger partial charge in [0.1, 0.15) is 11.6 Å². The Hall–Kier alpha value is -4.36. The average molecular weight is 438 g/mol. The molecule has 0 bridgehead atoms. The molecule has 0 unspecified atom stereocenters. The van der Waals surface area contributed by atoms with Gasteiger partial charge in [-0.15, -0.1) is 0 Å². The molecular weight excluding hydrogens is 414 g/mol. The maximum Gasteiger partial charge on any atom is 0.222 e. The normalized spacial score (nSPS) is 12.0. The molecule has 0 saturated carbocycles. The number of rotatable bonds is 6. The van der Waals surface area contributed by atoms with Crippen molar-refractivity contribution in [3.63, 3.8) is 0 Å². The van der Waals surface area contributed by atoms with Crippen LogP contribution in [0.2, 0.25) is 0 Å². The summed E-state index contributed by atoms with van der Waals surface area (Å²) in [5.74, 6) is 0.615. The zero-order valence-corrected chi connectivity index (χ0v) is 17.7. The van der Waals surface area contributed by atoms with Gasteiger partial charge >= 0.3 is 0 Å². The summed E-state index contributed by atoms with van der Waals surface area (Å²) in [6, 6.07) is 24.5. The summed E-state index contributed by atoms with van der Waals surface area (Å²) in [7, 11) is 0. The highest BCUT2D eigenvalue weighted by Gasteiger charge is 2.15. The predicted octanol–water partition coefficient (Wildman–Crippen LogP) is 4.73. The van der Waals surface area contributed by atoms with Crippen molar-refractivity contribution in [2.45, 2.75) is 6.04 Å². The molecule has 0 aliphatic carbocycles. The van der Waals surface area contributed by atoms with E-state index in [1.165, 1.54) is 0 Å². The number of benzene rings is 3. The Labute approximate surface area is 190 Å². The topological polar surface area (TPSA) is 120 Å². The molecule has 7 heteroatoms. The minimum absolute atomic E-state index is 0.0679. The largest absolute Gasteiger partial charge is 0.507 e. The quantitative estimate of drug-likeness (QED) is 0.262. The molecule has 2 aromatic heterocycles. The third kappa shape index (κ3) is 4.22. The lowest BCUT2D eigenvalue weighted by Crippen LogP contribution is -2.16. The number of hydrogen-bond donors (Lipinski definition) is 5. The van der Waals surface area contributed by atoms with Gasteiger partial charge in [0.25, 0.3) is 0 Å². The van der Waals surface area contributed by atoms with Gasteiger partial charge in [0, 0.05) is 23.3 Å². The first-order valence-electron chi connectivity index (χ1n) is 10.6. The lowest BCUT2D eigenvalue weighted by atomic mass is 9.99. The number of aromatic nitrogens is 3. The number of aliphatic hydroxyl groups excluding tert-OH is 1. The van der Waals surface area contributed by atoms with Gasteiger partial charge in [-0.05, 0) is 52.4 Å². The zero-order valence-electron chi connectivity index (χ0n) is 17.7. The minimum Gasteiger partial charge on any atom is -0.507 e. The number of phenolic OH excluding ortho intramolecular Hbond substituents is 1. The van der Waals surface area contributed by atoms with Crippen molar-refractivity contribution in [3.8, 4) is 28.1 Å². The highest BCUT2D eigenvalue weighted by molar-refractivity contribution is 5.86. The van der Waals surface area contributed by atoms with Crippen LogP contribution in [0.3, 0.4) is 0 Å². The number of hydrogen-bond acceptors (Lipinski definition) is 6. The maximum absolute atomic E-state index is 10.6. The van der Waals surface area contributed by atoms with Crippen molar-refractivity contribution in [2.75, 3.05) is 17.7 Å². The van der Waals surface area contributed by atoms with Crippen molar-refractivity contribution in [1.82, 2.24) is 15.0 Å². The molecule has 5 rings (SSSR count). The molecule has 164 valence electrons. The Balaban J connectivity index is 1.51. The van der Waals surface area contributed by atoms with Crippen LogP contribution >= 0.6 is 0 Å². The van der Waals surface area contributed by atoms with Crippen LogP contribution in [-0.4, -0.2) is 31.8 Å². The van der Waals surface area contributed by atoms with E-state index >= 15 is 0 Å². The van der Waals surface area contributed by atoms with Crippen LogP contribution in [0.25, 0.3) is 33.3 Å². The summed E-state index contributed by atoms with van der Waals surface area (Å²) in [4.78, 5) is 11.8. The number of aliphatic hydroxyl groups is 1. The van der Waals surface area contributed by atoms with E-state index < -0.39 is 0 Å². The Bertz CT molecular complexity index is 1420. The summed E-state index contributed by atoms with van der Waals surface area (Å²) in [6.07, 6.45) is 1.91. The molecule has 5 aromatic rings. The zero-order chi connectivity index (χ0) is 22.8. The minimum atomic E-state index is -0.360. The van der Waals surface area contributed by atoms with E-state index in [0.717, 1.165) is 27.6 Å². The second-order valence-corrected chi connectivity index (χ2v) is 7.80. The fraction of sp³-hybridized carbons (Fsp3) is 0.0769. The van der Waals surface area contributed by atoms with Crippen molar-refractivity contribution < 1.29 is 10.2 Å². The number of nitrogen functional groups attached to an aromatic ring is 1. The molecule has 0 saturated heterocycles. The number of aromatic hydroxyl groups is 1. The molecule has 2 heterocycles. The number of fused-ring (bicyclic) bond motifs is 1. The van der Waals surface area contributed by atoms with Gasteiger partial charge in [0.05, 0.1) is 18.3 Å². The Morgan fingerprint density at radius 2 is 1.70 bits per heavy atom. The molecule has 6 N–H and O–H groups in total. The third-order valence-electron chi connectivity index (χ3n) is 5.61. The number of aromatic amines is 1. The van der Waals surface area contributed by atoms with Gasteiger partial charge in [0.2, 0.25) is 5.95 Å². The number of nitrogens with one attached hydrogen (secondary N) is 2. The summed E-state index contributed by atoms with van der Waals surface area (Å²) in [5, 5.41) is 24.8. The number of H-pyrrole nitrogens is 1. The summed E-state index contributed by atoms with van der Waals surface area (Å²) >= 11 is 0. The predicted molar refractivity (Wildman–Crippen MR) is 131 cm³/mol. The Morgan fingerprint density at radius 3 is 2.52 bits per heavy atom. The molecule has 0 spiro atoms. The standard InChI is InChI=1S/C26H23N5O2/c27-26-30-22(14-25(31-26)29-23(15-32)16-4-2-1-3-5-16)20-13-18(7-9-24(20)33)17-6-8-21-19(12-17)10-11-28-21/h1-14,23,28,32-33H,15H2,(H3,27,29,30,31)/t23-/m0/s1.